The molecule has 2 unspecified atom stereocenters. The van der Waals surface area contributed by atoms with Crippen molar-refractivity contribution >= 4 is 5.97 Å². The first-order valence-corrected chi connectivity index (χ1v) is 7.29. The molecule has 4 heteroatoms. The van der Waals surface area contributed by atoms with E-state index in [-0.39, 0.29) is 5.97 Å². The lowest BCUT2D eigenvalue weighted by atomic mass is 10.0. The maximum atomic E-state index is 11.5. The summed E-state index contributed by atoms with van der Waals surface area (Å²) in [5, 5.41) is 3.61. The Balaban J connectivity index is 1.57. The Morgan fingerprint density at radius 2 is 2.05 bits per heavy atom. The average Bonchev–Trinajstić information content (AvgIpc) is 2.83. The van der Waals surface area contributed by atoms with E-state index in [2.05, 4.69) is 5.32 Å². The molecular formula is C16H21NO3. The molecule has 1 N–H and O–H groups in total. The van der Waals surface area contributed by atoms with Crippen molar-refractivity contribution in [3.8, 4) is 0 Å². The molecule has 2 aliphatic heterocycles. The molecule has 2 bridgehead atoms. The van der Waals surface area contributed by atoms with Crippen molar-refractivity contribution in [1.29, 1.82) is 0 Å². The zero-order valence-corrected chi connectivity index (χ0v) is 11.8. The van der Waals surface area contributed by atoms with Gasteiger partial charge in [-0.05, 0) is 43.4 Å². The van der Waals surface area contributed by atoms with Gasteiger partial charge in [0, 0.05) is 12.1 Å². The normalized spacial score (nSPS) is 28.4. The summed E-state index contributed by atoms with van der Waals surface area (Å²) in [5.74, 6) is -0.299. The lowest BCUT2D eigenvalue weighted by Gasteiger charge is -2.29. The monoisotopic (exact) mass is 275 g/mol. The second kappa shape index (κ2) is 5.94. The first-order chi connectivity index (χ1) is 9.74. The number of carbonyl (C=O) groups excluding carboxylic acids is 1. The third-order valence-electron chi connectivity index (χ3n) is 4.26. The van der Waals surface area contributed by atoms with Gasteiger partial charge >= 0.3 is 5.97 Å². The topological polar surface area (TPSA) is 47.6 Å². The Kier molecular flexibility index (Phi) is 4.03. The molecule has 2 aliphatic rings. The number of methoxy groups -OCH3 is 1. The minimum absolute atomic E-state index is 0.299. The maximum Gasteiger partial charge on any atom is 0.337 e. The fraction of sp³-hybridized carbons (Fsp3) is 0.562. The van der Waals surface area contributed by atoms with Crippen LogP contribution in [0.2, 0.25) is 0 Å². The van der Waals surface area contributed by atoms with Crippen LogP contribution in [0.3, 0.4) is 0 Å². The van der Waals surface area contributed by atoms with Gasteiger partial charge in [0.25, 0.3) is 0 Å². The van der Waals surface area contributed by atoms with E-state index in [0.29, 0.717) is 30.4 Å². The van der Waals surface area contributed by atoms with E-state index in [9.17, 15) is 4.79 Å². The Labute approximate surface area is 119 Å². The maximum absolute atomic E-state index is 11.5. The Morgan fingerprint density at radius 1 is 1.30 bits per heavy atom. The molecule has 0 saturated carbocycles. The fourth-order valence-corrected chi connectivity index (χ4v) is 3.26. The first kappa shape index (κ1) is 13.6. The second-order valence-corrected chi connectivity index (χ2v) is 5.73. The van der Waals surface area contributed by atoms with Crippen LogP contribution in [0.4, 0.5) is 0 Å². The highest BCUT2D eigenvalue weighted by Gasteiger charge is 2.33. The van der Waals surface area contributed by atoms with Crippen molar-refractivity contribution in [3.05, 3.63) is 35.4 Å². The van der Waals surface area contributed by atoms with Crippen molar-refractivity contribution in [2.24, 2.45) is 0 Å². The SMILES string of the molecule is COC(=O)c1cccc(COC2CC3CCC(C2)N3)c1. The number of fused-ring (bicyclic) bond motifs is 2. The van der Waals surface area contributed by atoms with Gasteiger partial charge in [-0.1, -0.05) is 12.1 Å². The second-order valence-electron chi connectivity index (χ2n) is 5.73. The summed E-state index contributed by atoms with van der Waals surface area (Å²) in [6, 6.07) is 8.75. The summed E-state index contributed by atoms with van der Waals surface area (Å²) >= 11 is 0. The summed E-state index contributed by atoms with van der Waals surface area (Å²) < 4.78 is 10.8. The molecule has 0 spiro atoms. The van der Waals surface area contributed by atoms with Gasteiger partial charge in [-0.2, -0.15) is 0 Å². The zero-order chi connectivity index (χ0) is 13.9. The lowest BCUT2D eigenvalue weighted by Crippen LogP contribution is -2.41. The van der Waals surface area contributed by atoms with Gasteiger partial charge < -0.3 is 14.8 Å². The zero-order valence-electron chi connectivity index (χ0n) is 11.8. The van der Waals surface area contributed by atoms with E-state index in [0.717, 1.165) is 18.4 Å². The van der Waals surface area contributed by atoms with E-state index < -0.39 is 0 Å². The molecular weight excluding hydrogens is 254 g/mol. The van der Waals surface area contributed by atoms with Gasteiger partial charge in [-0.15, -0.1) is 0 Å². The molecule has 3 rings (SSSR count). The first-order valence-electron chi connectivity index (χ1n) is 7.29. The van der Waals surface area contributed by atoms with Gasteiger partial charge in [0.2, 0.25) is 0 Å². The Bertz CT molecular complexity index is 476. The molecule has 4 nitrogen and oxygen atoms in total. The molecule has 0 radical (unpaired) electrons. The van der Waals surface area contributed by atoms with Crippen LogP contribution in [0, 0.1) is 0 Å². The molecule has 108 valence electrons. The third-order valence-corrected chi connectivity index (χ3v) is 4.26. The summed E-state index contributed by atoms with van der Waals surface area (Å²) in [6.07, 6.45) is 5.11. The number of piperidine rings is 1. The van der Waals surface area contributed by atoms with E-state index in [1.165, 1.54) is 20.0 Å². The highest BCUT2D eigenvalue weighted by molar-refractivity contribution is 5.89. The van der Waals surface area contributed by atoms with Crippen LogP contribution in [0.5, 0.6) is 0 Å². The highest BCUT2D eigenvalue weighted by Crippen LogP contribution is 2.29. The lowest BCUT2D eigenvalue weighted by molar-refractivity contribution is 0.00914. The minimum Gasteiger partial charge on any atom is -0.465 e. The van der Waals surface area contributed by atoms with E-state index in [4.69, 9.17) is 9.47 Å². The predicted molar refractivity (Wildman–Crippen MR) is 75.5 cm³/mol. The van der Waals surface area contributed by atoms with E-state index >= 15 is 0 Å². The quantitative estimate of drug-likeness (QED) is 0.856. The Morgan fingerprint density at radius 3 is 2.75 bits per heavy atom. The smallest absolute Gasteiger partial charge is 0.337 e. The van der Waals surface area contributed by atoms with Crippen LogP contribution >= 0.6 is 0 Å². The van der Waals surface area contributed by atoms with E-state index in [1.807, 2.05) is 18.2 Å². The van der Waals surface area contributed by atoms with Crippen LogP contribution in [0.1, 0.15) is 41.6 Å². The standard InChI is InChI=1S/C16H21NO3/c1-19-16(18)12-4-2-3-11(7-12)10-20-15-8-13-5-6-14(9-15)17-13/h2-4,7,13-15,17H,5-6,8-10H2,1H3. The molecule has 2 heterocycles. The number of hydrogen-bond acceptors (Lipinski definition) is 4. The molecule has 1 aromatic rings. The molecule has 20 heavy (non-hydrogen) atoms. The van der Waals surface area contributed by atoms with Crippen LogP contribution < -0.4 is 5.32 Å². The summed E-state index contributed by atoms with van der Waals surface area (Å²) in [6.45, 7) is 0.564. The van der Waals surface area contributed by atoms with E-state index in [1.54, 1.807) is 6.07 Å². The number of esters is 1. The van der Waals surface area contributed by atoms with Gasteiger partial charge in [0.1, 0.15) is 0 Å². The van der Waals surface area contributed by atoms with Crippen molar-refractivity contribution < 1.29 is 14.3 Å². The largest absolute Gasteiger partial charge is 0.465 e. The molecule has 2 atom stereocenters. The number of carbonyl (C=O) groups is 1. The highest BCUT2D eigenvalue weighted by atomic mass is 16.5. The van der Waals surface area contributed by atoms with Gasteiger partial charge in [0.15, 0.2) is 0 Å². The summed E-state index contributed by atoms with van der Waals surface area (Å²) in [5.41, 5.74) is 1.61. The predicted octanol–water partition coefficient (Wildman–Crippen LogP) is 2.27. The van der Waals surface area contributed by atoms with Gasteiger partial charge in [-0.3, -0.25) is 0 Å². The number of nitrogens with one attached hydrogen (secondary N) is 1. The molecule has 0 aromatic heterocycles. The van der Waals surface area contributed by atoms with Crippen molar-refractivity contribution in [2.45, 2.75) is 50.5 Å². The number of benzene rings is 1. The summed E-state index contributed by atoms with van der Waals surface area (Å²) in [7, 11) is 1.40. The van der Waals surface area contributed by atoms with Crippen molar-refractivity contribution in [2.75, 3.05) is 7.11 Å². The molecule has 0 amide bonds. The molecule has 0 aliphatic carbocycles. The number of hydrogen-bond donors (Lipinski definition) is 1. The van der Waals surface area contributed by atoms with Crippen molar-refractivity contribution in [1.82, 2.24) is 5.32 Å². The van der Waals surface area contributed by atoms with Crippen LogP contribution in [-0.4, -0.2) is 31.3 Å². The Hall–Kier alpha value is -1.39. The van der Waals surface area contributed by atoms with Crippen LogP contribution in [0.15, 0.2) is 24.3 Å². The number of rotatable bonds is 4. The van der Waals surface area contributed by atoms with Crippen molar-refractivity contribution in [3.63, 3.8) is 0 Å². The van der Waals surface area contributed by atoms with Crippen LogP contribution in [-0.2, 0) is 16.1 Å². The fourth-order valence-electron chi connectivity index (χ4n) is 3.26. The molecule has 2 fully saturated rings. The molecule has 1 aromatic carbocycles. The minimum atomic E-state index is -0.299. The average molecular weight is 275 g/mol. The van der Waals surface area contributed by atoms with Crippen LogP contribution in [0.25, 0.3) is 0 Å². The molecule has 2 saturated heterocycles. The third kappa shape index (κ3) is 3.02. The van der Waals surface area contributed by atoms with Gasteiger partial charge in [0.05, 0.1) is 25.4 Å². The number of ether oxygens (including phenoxy) is 2. The summed E-state index contributed by atoms with van der Waals surface area (Å²) in [4.78, 5) is 11.5. The van der Waals surface area contributed by atoms with Gasteiger partial charge in [-0.25, -0.2) is 4.79 Å².